The third-order valence-corrected chi connectivity index (χ3v) is 2.92. The van der Waals surface area contributed by atoms with E-state index in [9.17, 15) is 0 Å². The first-order valence-corrected chi connectivity index (χ1v) is 7.13. The number of hydrogen-bond donors (Lipinski definition) is 3. The molecular formula is C17H22N3+. The summed E-state index contributed by atoms with van der Waals surface area (Å²) in [5.74, 6) is 0.913. The third kappa shape index (κ3) is 4.76. The molecular weight excluding hydrogens is 246 g/mol. The largest absolute Gasteiger partial charge is 0.353 e. The fraction of sp³-hybridized carbons (Fsp3) is 0.235. The number of anilines is 2. The molecule has 0 amide bonds. The lowest BCUT2D eigenvalue weighted by Crippen LogP contribution is -2.76. The van der Waals surface area contributed by atoms with E-state index in [4.69, 9.17) is 0 Å². The zero-order valence-corrected chi connectivity index (χ0v) is 11.9. The molecule has 2 aromatic rings. The molecule has 0 unspecified atom stereocenters. The van der Waals surface area contributed by atoms with Gasteiger partial charge in [0.25, 0.3) is 0 Å². The molecule has 0 heterocycles. The van der Waals surface area contributed by atoms with Crippen molar-refractivity contribution in [3.05, 3.63) is 60.7 Å². The van der Waals surface area contributed by atoms with Crippen molar-refractivity contribution in [1.29, 1.82) is 0 Å². The van der Waals surface area contributed by atoms with Gasteiger partial charge >= 0.3 is 5.96 Å². The van der Waals surface area contributed by atoms with Gasteiger partial charge in [0.05, 0.1) is 17.9 Å². The van der Waals surface area contributed by atoms with Crippen LogP contribution in [0.3, 0.4) is 0 Å². The molecule has 20 heavy (non-hydrogen) atoms. The van der Waals surface area contributed by atoms with Gasteiger partial charge < -0.3 is 0 Å². The Balaban J connectivity index is 2.06. The highest BCUT2D eigenvalue weighted by atomic mass is 15.2. The van der Waals surface area contributed by atoms with Crippen LogP contribution in [0.1, 0.15) is 19.8 Å². The Bertz CT molecular complexity index is 477. The molecule has 2 rings (SSSR count). The highest BCUT2D eigenvalue weighted by Crippen LogP contribution is 2.07. The second-order valence-electron chi connectivity index (χ2n) is 4.64. The molecule has 0 saturated heterocycles. The van der Waals surface area contributed by atoms with Gasteiger partial charge in [0, 0.05) is 0 Å². The Kier molecular flexibility index (Phi) is 5.65. The van der Waals surface area contributed by atoms with Gasteiger partial charge in [-0.1, -0.05) is 49.7 Å². The number of nitrogens with one attached hydrogen (secondary N) is 3. The molecule has 2 aromatic carbocycles. The fourth-order valence-electron chi connectivity index (χ4n) is 1.84. The molecule has 0 bridgehead atoms. The Morgan fingerprint density at radius 3 is 1.80 bits per heavy atom. The van der Waals surface area contributed by atoms with Crippen molar-refractivity contribution in [2.24, 2.45) is 0 Å². The monoisotopic (exact) mass is 268 g/mol. The highest BCUT2D eigenvalue weighted by molar-refractivity contribution is 5.99. The SMILES string of the molecule is CCCC[NH+]=C(Nc1ccccc1)Nc1ccccc1. The van der Waals surface area contributed by atoms with E-state index in [0.29, 0.717) is 0 Å². The summed E-state index contributed by atoms with van der Waals surface area (Å²) < 4.78 is 0. The molecule has 0 saturated carbocycles. The van der Waals surface area contributed by atoms with Crippen LogP contribution in [0.25, 0.3) is 0 Å². The summed E-state index contributed by atoms with van der Waals surface area (Å²) in [6.45, 7) is 3.14. The Labute approximate surface area is 120 Å². The Morgan fingerprint density at radius 1 is 0.850 bits per heavy atom. The van der Waals surface area contributed by atoms with Crippen LogP contribution < -0.4 is 15.6 Å². The zero-order valence-electron chi connectivity index (χ0n) is 11.9. The maximum atomic E-state index is 3.41. The van der Waals surface area contributed by atoms with E-state index in [1.807, 2.05) is 60.7 Å². The molecule has 0 atom stereocenters. The van der Waals surface area contributed by atoms with Crippen molar-refractivity contribution < 1.29 is 4.99 Å². The molecule has 3 heteroatoms. The minimum absolute atomic E-state index is 0.913. The lowest BCUT2D eigenvalue weighted by Gasteiger charge is -2.05. The maximum Gasteiger partial charge on any atom is 0.353 e. The average molecular weight is 268 g/mol. The summed E-state index contributed by atoms with van der Waals surface area (Å²) >= 11 is 0. The second kappa shape index (κ2) is 8.00. The molecule has 3 nitrogen and oxygen atoms in total. The standard InChI is InChI=1S/C17H21N3/c1-2-3-14-18-17(19-15-10-6-4-7-11-15)20-16-12-8-5-9-13-16/h4-13H,2-3,14H2,1H3,(H2,18,19,20)/p+1. The van der Waals surface area contributed by atoms with Crippen LogP contribution in [0, 0.1) is 0 Å². The molecule has 0 radical (unpaired) electrons. The van der Waals surface area contributed by atoms with Crippen molar-refractivity contribution in [3.63, 3.8) is 0 Å². The van der Waals surface area contributed by atoms with Crippen molar-refractivity contribution in [1.82, 2.24) is 0 Å². The number of unbranched alkanes of at least 4 members (excludes halogenated alkanes) is 1. The van der Waals surface area contributed by atoms with Gasteiger partial charge in [0.15, 0.2) is 0 Å². The predicted molar refractivity (Wildman–Crippen MR) is 85.9 cm³/mol. The maximum absolute atomic E-state index is 3.41. The van der Waals surface area contributed by atoms with Gasteiger partial charge in [-0.05, 0) is 30.7 Å². The minimum atomic E-state index is 0.913. The topological polar surface area (TPSA) is 38.0 Å². The molecule has 0 fully saturated rings. The van der Waals surface area contributed by atoms with Gasteiger partial charge in [-0.3, -0.25) is 4.99 Å². The van der Waals surface area contributed by atoms with Gasteiger partial charge in [-0.15, -0.1) is 0 Å². The molecule has 0 aliphatic heterocycles. The first-order chi connectivity index (χ1) is 9.88. The van der Waals surface area contributed by atoms with Gasteiger partial charge in [-0.25, -0.2) is 10.6 Å². The number of hydrogen-bond acceptors (Lipinski definition) is 0. The molecule has 3 N–H and O–H groups in total. The Hall–Kier alpha value is -2.29. The number of rotatable bonds is 5. The van der Waals surface area contributed by atoms with E-state index in [-0.39, 0.29) is 0 Å². The summed E-state index contributed by atoms with van der Waals surface area (Å²) in [6.07, 6.45) is 2.33. The van der Waals surface area contributed by atoms with Crippen LogP contribution in [-0.2, 0) is 0 Å². The number of benzene rings is 2. The fourth-order valence-corrected chi connectivity index (χ4v) is 1.84. The van der Waals surface area contributed by atoms with E-state index in [0.717, 1.165) is 30.3 Å². The summed E-state index contributed by atoms with van der Waals surface area (Å²) in [5.41, 5.74) is 2.13. The number of guanidine groups is 1. The van der Waals surface area contributed by atoms with E-state index in [1.54, 1.807) is 0 Å². The number of para-hydroxylation sites is 2. The summed E-state index contributed by atoms with van der Waals surface area (Å²) in [4.78, 5) is 3.41. The van der Waals surface area contributed by atoms with Gasteiger partial charge in [-0.2, -0.15) is 0 Å². The lowest BCUT2D eigenvalue weighted by molar-refractivity contribution is -0.457. The third-order valence-electron chi connectivity index (χ3n) is 2.92. The van der Waals surface area contributed by atoms with Crippen LogP contribution >= 0.6 is 0 Å². The Morgan fingerprint density at radius 2 is 1.35 bits per heavy atom. The van der Waals surface area contributed by atoms with Crippen molar-refractivity contribution in [2.45, 2.75) is 19.8 Å². The normalized spacial score (nSPS) is 9.85. The molecule has 104 valence electrons. The van der Waals surface area contributed by atoms with E-state index in [2.05, 4.69) is 22.5 Å². The van der Waals surface area contributed by atoms with Crippen molar-refractivity contribution >= 4 is 17.3 Å². The van der Waals surface area contributed by atoms with Gasteiger partial charge in [0.1, 0.15) is 0 Å². The predicted octanol–water partition coefficient (Wildman–Crippen LogP) is 2.45. The first kappa shape index (κ1) is 14.1. The smallest absolute Gasteiger partial charge is 0.277 e. The zero-order chi connectivity index (χ0) is 14.0. The lowest BCUT2D eigenvalue weighted by atomic mass is 10.3. The molecule has 0 spiro atoms. The van der Waals surface area contributed by atoms with E-state index < -0.39 is 0 Å². The van der Waals surface area contributed by atoms with E-state index in [1.165, 1.54) is 6.42 Å². The van der Waals surface area contributed by atoms with Crippen molar-refractivity contribution in [2.75, 3.05) is 17.2 Å². The van der Waals surface area contributed by atoms with Crippen molar-refractivity contribution in [3.8, 4) is 0 Å². The molecule has 0 aliphatic carbocycles. The summed E-state index contributed by atoms with van der Waals surface area (Å²) in [6, 6.07) is 20.3. The summed E-state index contributed by atoms with van der Waals surface area (Å²) in [5, 5.41) is 6.76. The molecule has 0 aliphatic rings. The average Bonchev–Trinajstić information content (AvgIpc) is 2.49. The van der Waals surface area contributed by atoms with Gasteiger partial charge in [0.2, 0.25) is 0 Å². The quantitative estimate of drug-likeness (QED) is 0.443. The van der Waals surface area contributed by atoms with Crippen LogP contribution in [0.4, 0.5) is 11.4 Å². The minimum Gasteiger partial charge on any atom is -0.277 e. The molecule has 0 aromatic heterocycles. The van der Waals surface area contributed by atoms with Crippen LogP contribution in [-0.4, -0.2) is 12.5 Å². The summed E-state index contributed by atoms with van der Waals surface area (Å²) in [7, 11) is 0. The van der Waals surface area contributed by atoms with Crippen LogP contribution in [0.2, 0.25) is 0 Å². The van der Waals surface area contributed by atoms with Crippen LogP contribution in [0.15, 0.2) is 60.7 Å². The highest BCUT2D eigenvalue weighted by Gasteiger charge is 2.07. The first-order valence-electron chi connectivity index (χ1n) is 7.13. The van der Waals surface area contributed by atoms with Crippen LogP contribution in [0.5, 0.6) is 0 Å². The second-order valence-corrected chi connectivity index (χ2v) is 4.64. The van der Waals surface area contributed by atoms with E-state index >= 15 is 0 Å².